The maximum Gasteiger partial charge on any atom is 0.251 e. The molecule has 0 bridgehead atoms. The van der Waals surface area contributed by atoms with Crippen molar-refractivity contribution in [2.75, 3.05) is 13.7 Å². The van der Waals surface area contributed by atoms with Crippen LogP contribution in [0.15, 0.2) is 36.9 Å². The van der Waals surface area contributed by atoms with Crippen LogP contribution < -0.4 is 10.1 Å². The number of benzene rings is 1. The molecule has 1 fully saturated rings. The highest BCUT2D eigenvalue weighted by molar-refractivity contribution is 5.94. The summed E-state index contributed by atoms with van der Waals surface area (Å²) < 4.78 is 10.7. The second-order valence-electron chi connectivity index (χ2n) is 4.53. The van der Waals surface area contributed by atoms with E-state index in [-0.39, 0.29) is 18.1 Å². The molecule has 19 heavy (non-hydrogen) atoms. The molecule has 4 nitrogen and oxygen atoms in total. The van der Waals surface area contributed by atoms with Crippen LogP contribution in [0.1, 0.15) is 23.2 Å². The van der Waals surface area contributed by atoms with E-state index < -0.39 is 0 Å². The monoisotopic (exact) mass is 261 g/mol. The smallest absolute Gasteiger partial charge is 0.251 e. The van der Waals surface area contributed by atoms with Crippen molar-refractivity contribution in [3.8, 4) is 5.75 Å². The summed E-state index contributed by atoms with van der Waals surface area (Å²) in [5.74, 6) is 0.564. The highest BCUT2D eigenvalue weighted by Crippen LogP contribution is 2.17. The Morgan fingerprint density at radius 1 is 1.58 bits per heavy atom. The van der Waals surface area contributed by atoms with Gasteiger partial charge in [-0.2, -0.15) is 0 Å². The Labute approximate surface area is 113 Å². The molecule has 1 aromatic carbocycles. The standard InChI is InChI=1S/C15H19NO3/c1-3-14-13(8-5-9-19-14)16-15(17)11-6-4-7-12(10-11)18-2/h3-4,6-7,10,13-14H,1,5,8-9H2,2H3,(H,16,17)/t13-,14+/m1/s1. The molecule has 0 spiro atoms. The first-order chi connectivity index (χ1) is 9.24. The molecule has 1 N–H and O–H groups in total. The second-order valence-corrected chi connectivity index (χ2v) is 4.53. The number of nitrogens with one attached hydrogen (secondary N) is 1. The van der Waals surface area contributed by atoms with Crippen molar-refractivity contribution in [1.29, 1.82) is 0 Å². The maximum absolute atomic E-state index is 12.2. The van der Waals surface area contributed by atoms with Gasteiger partial charge in [-0.25, -0.2) is 0 Å². The van der Waals surface area contributed by atoms with Crippen molar-refractivity contribution < 1.29 is 14.3 Å². The van der Waals surface area contributed by atoms with E-state index in [0.29, 0.717) is 11.3 Å². The summed E-state index contributed by atoms with van der Waals surface area (Å²) in [6.07, 6.45) is 3.50. The fourth-order valence-electron chi connectivity index (χ4n) is 2.21. The molecule has 1 saturated heterocycles. The second kappa shape index (κ2) is 6.38. The maximum atomic E-state index is 12.2. The SMILES string of the molecule is C=C[C@@H]1OCCC[C@H]1NC(=O)c1cccc(OC)c1. The molecule has 4 heteroatoms. The van der Waals surface area contributed by atoms with Gasteiger partial charge in [-0.05, 0) is 31.0 Å². The van der Waals surface area contributed by atoms with Crippen LogP contribution in [0.4, 0.5) is 0 Å². The average molecular weight is 261 g/mol. The summed E-state index contributed by atoms with van der Waals surface area (Å²) in [5.41, 5.74) is 0.590. The summed E-state index contributed by atoms with van der Waals surface area (Å²) >= 11 is 0. The zero-order valence-corrected chi connectivity index (χ0v) is 11.1. The fourth-order valence-corrected chi connectivity index (χ4v) is 2.21. The zero-order valence-electron chi connectivity index (χ0n) is 11.1. The molecule has 2 atom stereocenters. The van der Waals surface area contributed by atoms with Crippen LogP contribution in [-0.4, -0.2) is 31.8 Å². The van der Waals surface area contributed by atoms with E-state index in [1.54, 1.807) is 31.4 Å². The van der Waals surface area contributed by atoms with Crippen molar-refractivity contribution >= 4 is 5.91 Å². The molecule has 0 aromatic heterocycles. The van der Waals surface area contributed by atoms with Gasteiger partial charge in [0.15, 0.2) is 0 Å². The third-order valence-corrected chi connectivity index (χ3v) is 3.25. The molecule has 1 aliphatic heterocycles. The first kappa shape index (κ1) is 13.6. The number of carbonyl (C=O) groups excluding carboxylic acids is 1. The van der Waals surface area contributed by atoms with E-state index in [0.717, 1.165) is 19.4 Å². The Morgan fingerprint density at radius 2 is 2.42 bits per heavy atom. The topological polar surface area (TPSA) is 47.6 Å². The highest BCUT2D eigenvalue weighted by atomic mass is 16.5. The van der Waals surface area contributed by atoms with Crippen LogP contribution in [-0.2, 0) is 4.74 Å². The minimum atomic E-state index is -0.110. The summed E-state index contributed by atoms with van der Waals surface area (Å²) in [4.78, 5) is 12.2. The van der Waals surface area contributed by atoms with Gasteiger partial charge in [0.1, 0.15) is 5.75 Å². The van der Waals surface area contributed by atoms with Crippen LogP contribution in [0.5, 0.6) is 5.75 Å². The predicted octanol–water partition coefficient (Wildman–Crippen LogP) is 2.16. The number of rotatable bonds is 4. The van der Waals surface area contributed by atoms with E-state index >= 15 is 0 Å². The van der Waals surface area contributed by atoms with Crippen molar-refractivity contribution in [1.82, 2.24) is 5.32 Å². The number of amides is 1. The molecule has 0 unspecified atom stereocenters. The molecule has 1 aromatic rings. The van der Waals surface area contributed by atoms with E-state index in [1.165, 1.54) is 0 Å². The average Bonchev–Trinajstić information content (AvgIpc) is 2.47. The van der Waals surface area contributed by atoms with Gasteiger partial charge in [0, 0.05) is 12.2 Å². The minimum absolute atomic E-state index is 0.00930. The van der Waals surface area contributed by atoms with Gasteiger partial charge < -0.3 is 14.8 Å². The number of hydrogen-bond donors (Lipinski definition) is 1. The Bertz CT molecular complexity index is 458. The number of hydrogen-bond acceptors (Lipinski definition) is 3. The number of carbonyl (C=O) groups is 1. The Balaban J connectivity index is 2.04. The predicted molar refractivity (Wildman–Crippen MR) is 73.4 cm³/mol. The summed E-state index contributed by atoms with van der Waals surface area (Å²) in [6.45, 7) is 4.47. The van der Waals surface area contributed by atoms with E-state index in [4.69, 9.17) is 9.47 Å². The van der Waals surface area contributed by atoms with E-state index in [9.17, 15) is 4.79 Å². The molecule has 2 rings (SSSR count). The number of methoxy groups -OCH3 is 1. The number of ether oxygens (including phenoxy) is 2. The van der Waals surface area contributed by atoms with Crippen molar-refractivity contribution in [2.24, 2.45) is 0 Å². The van der Waals surface area contributed by atoms with Crippen molar-refractivity contribution in [3.63, 3.8) is 0 Å². The molecule has 0 radical (unpaired) electrons. The quantitative estimate of drug-likeness (QED) is 0.845. The molecular formula is C15H19NO3. The van der Waals surface area contributed by atoms with Crippen LogP contribution in [0.25, 0.3) is 0 Å². The van der Waals surface area contributed by atoms with Crippen LogP contribution in [0.2, 0.25) is 0 Å². The van der Waals surface area contributed by atoms with Gasteiger partial charge >= 0.3 is 0 Å². The highest BCUT2D eigenvalue weighted by Gasteiger charge is 2.25. The molecule has 102 valence electrons. The van der Waals surface area contributed by atoms with Gasteiger partial charge in [-0.1, -0.05) is 12.1 Å². The summed E-state index contributed by atoms with van der Waals surface area (Å²) in [7, 11) is 1.58. The lowest BCUT2D eigenvalue weighted by atomic mass is 10.0. The van der Waals surface area contributed by atoms with Crippen molar-refractivity contribution in [3.05, 3.63) is 42.5 Å². The van der Waals surface area contributed by atoms with E-state index in [2.05, 4.69) is 11.9 Å². The van der Waals surface area contributed by atoms with Gasteiger partial charge in [-0.3, -0.25) is 4.79 Å². The zero-order chi connectivity index (χ0) is 13.7. The molecule has 1 aliphatic rings. The largest absolute Gasteiger partial charge is 0.497 e. The molecule has 1 heterocycles. The Kier molecular flexibility index (Phi) is 4.58. The van der Waals surface area contributed by atoms with Gasteiger partial charge in [-0.15, -0.1) is 6.58 Å². The lowest BCUT2D eigenvalue weighted by Gasteiger charge is -2.30. The fraction of sp³-hybridized carbons (Fsp3) is 0.400. The minimum Gasteiger partial charge on any atom is -0.497 e. The van der Waals surface area contributed by atoms with Crippen LogP contribution in [0.3, 0.4) is 0 Å². The first-order valence-corrected chi connectivity index (χ1v) is 6.43. The normalized spacial score (nSPS) is 22.6. The van der Waals surface area contributed by atoms with Crippen LogP contribution >= 0.6 is 0 Å². The molecule has 0 aliphatic carbocycles. The van der Waals surface area contributed by atoms with E-state index in [1.807, 2.05) is 6.07 Å². The third-order valence-electron chi connectivity index (χ3n) is 3.25. The first-order valence-electron chi connectivity index (χ1n) is 6.43. The van der Waals surface area contributed by atoms with Gasteiger partial charge in [0.2, 0.25) is 0 Å². The Hall–Kier alpha value is -1.81. The Morgan fingerprint density at radius 3 is 3.16 bits per heavy atom. The van der Waals surface area contributed by atoms with Crippen molar-refractivity contribution in [2.45, 2.75) is 25.0 Å². The summed E-state index contributed by atoms with van der Waals surface area (Å²) in [6, 6.07) is 7.10. The van der Waals surface area contributed by atoms with Crippen LogP contribution in [0, 0.1) is 0 Å². The van der Waals surface area contributed by atoms with Gasteiger partial charge in [0.25, 0.3) is 5.91 Å². The molecular weight excluding hydrogens is 242 g/mol. The summed E-state index contributed by atoms with van der Waals surface area (Å²) in [5, 5.41) is 3.00. The third kappa shape index (κ3) is 3.35. The lowest BCUT2D eigenvalue weighted by Crippen LogP contribution is -2.46. The molecule has 1 amide bonds. The van der Waals surface area contributed by atoms with Gasteiger partial charge in [0.05, 0.1) is 19.3 Å². The lowest BCUT2D eigenvalue weighted by molar-refractivity contribution is 0.0205. The molecule has 0 saturated carbocycles.